The average molecular weight is 337 g/mol. The van der Waals surface area contributed by atoms with Gasteiger partial charge < -0.3 is 15.4 Å². The summed E-state index contributed by atoms with van der Waals surface area (Å²) in [5, 5.41) is 14.9. The molecular weight excluding hydrogens is 314 g/mol. The van der Waals surface area contributed by atoms with Crippen LogP contribution < -0.4 is 15.4 Å². The van der Waals surface area contributed by atoms with E-state index < -0.39 is 0 Å². The number of amides is 1. The number of nitrogens with zero attached hydrogens (tertiary/aromatic N) is 1. The maximum absolute atomic E-state index is 12.1. The largest absolute Gasteiger partial charge is 0.457 e. The molecule has 5 heteroatoms. The number of anilines is 1. The van der Waals surface area contributed by atoms with Crippen molar-refractivity contribution in [3.05, 3.63) is 54.1 Å². The van der Waals surface area contributed by atoms with Gasteiger partial charge in [0.1, 0.15) is 17.5 Å². The molecule has 5 nitrogen and oxygen atoms in total. The highest BCUT2D eigenvalue weighted by molar-refractivity contribution is 5.84. The summed E-state index contributed by atoms with van der Waals surface area (Å²) in [4.78, 5) is 12.1. The molecule has 0 aromatic heterocycles. The van der Waals surface area contributed by atoms with E-state index in [0.717, 1.165) is 5.69 Å². The number of hydrogen-bond donors (Lipinski definition) is 2. The van der Waals surface area contributed by atoms with E-state index in [1.54, 1.807) is 24.3 Å². The van der Waals surface area contributed by atoms with Crippen molar-refractivity contribution < 1.29 is 9.53 Å². The fourth-order valence-electron chi connectivity index (χ4n) is 2.15. The summed E-state index contributed by atoms with van der Waals surface area (Å²) >= 11 is 0. The van der Waals surface area contributed by atoms with Gasteiger partial charge in [0.25, 0.3) is 0 Å². The summed E-state index contributed by atoms with van der Waals surface area (Å²) in [5.74, 6) is 1.30. The van der Waals surface area contributed by atoms with Crippen LogP contribution in [0.15, 0.2) is 48.5 Å². The van der Waals surface area contributed by atoms with Gasteiger partial charge in [0, 0.05) is 11.2 Å². The molecule has 0 aliphatic heterocycles. The highest BCUT2D eigenvalue weighted by Crippen LogP contribution is 2.23. The summed E-state index contributed by atoms with van der Waals surface area (Å²) in [7, 11) is 0. The van der Waals surface area contributed by atoms with Crippen molar-refractivity contribution in [3.63, 3.8) is 0 Å². The van der Waals surface area contributed by atoms with Gasteiger partial charge in [-0.2, -0.15) is 5.26 Å². The van der Waals surface area contributed by atoms with Crippen LogP contribution in [0.3, 0.4) is 0 Å². The Labute approximate surface area is 148 Å². The van der Waals surface area contributed by atoms with Crippen molar-refractivity contribution in [1.82, 2.24) is 5.32 Å². The Hall–Kier alpha value is -3.00. The van der Waals surface area contributed by atoms with Gasteiger partial charge in [-0.15, -0.1) is 0 Å². The number of ether oxygens (including phenoxy) is 1. The maximum atomic E-state index is 12.1. The zero-order chi connectivity index (χ0) is 18.4. The number of nitriles is 1. The van der Waals surface area contributed by atoms with Gasteiger partial charge >= 0.3 is 0 Å². The van der Waals surface area contributed by atoms with E-state index in [9.17, 15) is 4.79 Å². The number of benzene rings is 2. The molecule has 1 unspecified atom stereocenters. The van der Waals surface area contributed by atoms with Crippen molar-refractivity contribution in [2.75, 3.05) is 5.32 Å². The molecule has 0 saturated carbocycles. The molecule has 2 N–H and O–H groups in total. The first-order valence-electron chi connectivity index (χ1n) is 8.13. The van der Waals surface area contributed by atoms with Gasteiger partial charge in [-0.05, 0) is 76.2 Å². The lowest BCUT2D eigenvalue weighted by atomic mass is 10.1. The average Bonchev–Trinajstić information content (AvgIpc) is 2.56. The molecule has 0 aliphatic rings. The Balaban J connectivity index is 1.95. The summed E-state index contributed by atoms with van der Waals surface area (Å²) in [6, 6.07) is 16.0. The smallest absolute Gasteiger partial charge is 0.242 e. The van der Waals surface area contributed by atoms with Crippen LogP contribution in [0, 0.1) is 11.3 Å². The molecule has 1 atom stereocenters. The van der Waals surface area contributed by atoms with Crippen molar-refractivity contribution >= 4 is 11.6 Å². The molecule has 0 fully saturated rings. The van der Waals surface area contributed by atoms with Crippen molar-refractivity contribution in [2.24, 2.45) is 0 Å². The molecule has 1 amide bonds. The summed E-state index contributed by atoms with van der Waals surface area (Å²) in [5.41, 5.74) is 1.17. The maximum Gasteiger partial charge on any atom is 0.242 e. The van der Waals surface area contributed by atoms with Crippen LogP contribution in [0.5, 0.6) is 11.5 Å². The van der Waals surface area contributed by atoms with E-state index in [1.165, 1.54) is 0 Å². The van der Waals surface area contributed by atoms with Crippen LogP contribution in [0.25, 0.3) is 0 Å². The van der Waals surface area contributed by atoms with Crippen LogP contribution in [0.1, 0.15) is 33.3 Å². The van der Waals surface area contributed by atoms with Crippen molar-refractivity contribution in [1.29, 1.82) is 5.26 Å². The first kappa shape index (κ1) is 18.3. The third kappa shape index (κ3) is 5.85. The van der Waals surface area contributed by atoms with E-state index in [1.807, 2.05) is 52.0 Å². The van der Waals surface area contributed by atoms with Crippen molar-refractivity contribution in [2.45, 2.75) is 39.3 Å². The molecule has 0 saturated heterocycles. The lowest BCUT2D eigenvalue weighted by Crippen LogP contribution is -2.47. The van der Waals surface area contributed by atoms with Crippen LogP contribution in [0.4, 0.5) is 5.69 Å². The first-order valence-corrected chi connectivity index (χ1v) is 8.13. The lowest BCUT2D eigenvalue weighted by Gasteiger charge is -2.24. The second-order valence-corrected chi connectivity index (χ2v) is 6.87. The Morgan fingerprint density at radius 2 is 1.56 bits per heavy atom. The van der Waals surface area contributed by atoms with Gasteiger partial charge in [-0.1, -0.05) is 0 Å². The Morgan fingerprint density at radius 1 is 1.04 bits per heavy atom. The summed E-state index contributed by atoms with van der Waals surface area (Å²) in [6.07, 6.45) is 0. The van der Waals surface area contributed by atoms with Crippen LogP contribution >= 0.6 is 0 Å². The minimum atomic E-state index is -0.343. The zero-order valence-electron chi connectivity index (χ0n) is 15.0. The number of carbonyl (C=O) groups excluding carboxylic acids is 1. The van der Waals surface area contributed by atoms with E-state index >= 15 is 0 Å². The van der Waals surface area contributed by atoms with Gasteiger partial charge in [0.15, 0.2) is 0 Å². The molecule has 0 heterocycles. The molecule has 2 aromatic carbocycles. The van der Waals surface area contributed by atoms with Gasteiger partial charge in [-0.25, -0.2) is 0 Å². The van der Waals surface area contributed by atoms with Crippen molar-refractivity contribution in [3.8, 4) is 17.6 Å². The topological polar surface area (TPSA) is 74.1 Å². The standard InChI is InChI=1S/C20H23N3O2/c1-14(19(24)23-20(2,3)4)22-16-7-11-18(12-8-16)25-17-9-5-15(13-21)6-10-17/h5-12,14,22H,1-4H3,(H,23,24). The second-order valence-electron chi connectivity index (χ2n) is 6.87. The monoisotopic (exact) mass is 337 g/mol. The Morgan fingerprint density at radius 3 is 2.04 bits per heavy atom. The second kappa shape index (κ2) is 7.71. The third-order valence-electron chi connectivity index (χ3n) is 3.35. The first-order chi connectivity index (χ1) is 11.8. The van der Waals surface area contributed by atoms with Gasteiger partial charge in [0.2, 0.25) is 5.91 Å². The molecule has 2 aromatic rings. The number of nitrogens with one attached hydrogen (secondary N) is 2. The van der Waals surface area contributed by atoms with E-state index in [0.29, 0.717) is 17.1 Å². The number of hydrogen-bond acceptors (Lipinski definition) is 4. The zero-order valence-corrected chi connectivity index (χ0v) is 15.0. The van der Waals surface area contributed by atoms with Crippen LogP contribution in [-0.4, -0.2) is 17.5 Å². The predicted molar refractivity (Wildman–Crippen MR) is 98.7 cm³/mol. The highest BCUT2D eigenvalue weighted by Gasteiger charge is 2.18. The van der Waals surface area contributed by atoms with Crippen LogP contribution in [-0.2, 0) is 4.79 Å². The molecule has 0 spiro atoms. The van der Waals surface area contributed by atoms with Gasteiger partial charge in [0.05, 0.1) is 11.6 Å². The van der Waals surface area contributed by atoms with Crippen LogP contribution in [0.2, 0.25) is 0 Å². The molecule has 130 valence electrons. The van der Waals surface area contributed by atoms with E-state index in [-0.39, 0.29) is 17.5 Å². The normalized spacial score (nSPS) is 12.0. The SMILES string of the molecule is CC(Nc1ccc(Oc2ccc(C#N)cc2)cc1)C(=O)NC(C)(C)C. The van der Waals surface area contributed by atoms with Gasteiger partial charge in [-0.3, -0.25) is 4.79 Å². The molecule has 0 bridgehead atoms. The molecular formula is C20H23N3O2. The van der Waals surface area contributed by atoms with E-state index in [4.69, 9.17) is 10.00 Å². The Kier molecular flexibility index (Phi) is 5.66. The number of rotatable bonds is 5. The lowest BCUT2D eigenvalue weighted by molar-refractivity contribution is -0.122. The highest BCUT2D eigenvalue weighted by atomic mass is 16.5. The predicted octanol–water partition coefficient (Wildman–Crippen LogP) is 4.07. The molecule has 25 heavy (non-hydrogen) atoms. The summed E-state index contributed by atoms with van der Waals surface area (Å²) in [6.45, 7) is 7.68. The molecule has 0 radical (unpaired) electrons. The Bertz CT molecular complexity index is 754. The molecule has 0 aliphatic carbocycles. The summed E-state index contributed by atoms with van der Waals surface area (Å²) < 4.78 is 5.73. The minimum absolute atomic E-state index is 0.0505. The molecule has 2 rings (SSSR count). The van der Waals surface area contributed by atoms with E-state index in [2.05, 4.69) is 16.7 Å². The minimum Gasteiger partial charge on any atom is -0.457 e. The number of carbonyl (C=O) groups is 1. The fraction of sp³-hybridized carbons (Fsp3) is 0.300. The third-order valence-corrected chi connectivity index (χ3v) is 3.35. The fourth-order valence-corrected chi connectivity index (χ4v) is 2.15. The quantitative estimate of drug-likeness (QED) is 0.862.